The average Bonchev–Trinajstić information content (AvgIpc) is 3.26. The maximum atomic E-state index is 10.2. The van der Waals surface area contributed by atoms with Gasteiger partial charge in [-0.3, -0.25) is 9.88 Å². The zero-order chi connectivity index (χ0) is 23.2. The van der Waals surface area contributed by atoms with Crippen LogP contribution in [0.5, 0.6) is 0 Å². The maximum Gasteiger partial charge on any atom is 0.147 e. The van der Waals surface area contributed by atoms with E-state index in [9.17, 15) is 5.11 Å². The van der Waals surface area contributed by atoms with E-state index in [-0.39, 0.29) is 18.6 Å². The van der Waals surface area contributed by atoms with Gasteiger partial charge in [-0.05, 0) is 35.7 Å². The lowest BCUT2D eigenvalue weighted by molar-refractivity contribution is 0.0744. The van der Waals surface area contributed by atoms with Crippen molar-refractivity contribution in [1.82, 2.24) is 24.6 Å². The quantitative estimate of drug-likeness (QED) is 0.426. The van der Waals surface area contributed by atoms with Gasteiger partial charge in [0.25, 0.3) is 0 Å². The molecule has 0 aliphatic rings. The van der Waals surface area contributed by atoms with E-state index < -0.39 is 0 Å². The fourth-order valence-electron chi connectivity index (χ4n) is 4.04. The Labute approximate surface area is 194 Å². The van der Waals surface area contributed by atoms with E-state index in [0.717, 1.165) is 28.0 Å². The number of rotatable bonds is 9. The Morgan fingerprint density at radius 3 is 2.55 bits per heavy atom. The van der Waals surface area contributed by atoms with Crippen LogP contribution in [0.3, 0.4) is 0 Å². The number of benzene rings is 2. The highest BCUT2D eigenvalue weighted by Gasteiger charge is 2.24. The molecule has 0 fully saturated rings. The van der Waals surface area contributed by atoms with E-state index in [1.807, 2.05) is 53.1 Å². The minimum atomic E-state index is -0.0432. The molecule has 4 aromatic rings. The molecule has 0 bridgehead atoms. The summed E-state index contributed by atoms with van der Waals surface area (Å²) in [4.78, 5) is 7.06. The third-order valence-corrected chi connectivity index (χ3v) is 5.92. The van der Waals surface area contributed by atoms with Crippen molar-refractivity contribution in [3.8, 4) is 6.07 Å². The molecule has 2 heterocycles. The van der Waals surface area contributed by atoms with E-state index in [1.54, 1.807) is 6.33 Å². The highest BCUT2D eigenvalue weighted by molar-refractivity contribution is 5.78. The van der Waals surface area contributed by atoms with Gasteiger partial charge < -0.3 is 9.67 Å². The van der Waals surface area contributed by atoms with Crippen molar-refractivity contribution < 1.29 is 5.11 Å². The monoisotopic (exact) mass is 440 g/mol. The molecule has 0 radical (unpaired) electrons. The molecule has 33 heavy (non-hydrogen) atoms. The fraction of sp³-hybridized carbons (Fsp3) is 0.308. The minimum Gasteiger partial charge on any atom is -0.395 e. The summed E-state index contributed by atoms with van der Waals surface area (Å²) in [5.74, 6) is 1.07. The van der Waals surface area contributed by atoms with Gasteiger partial charge in [0.2, 0.25) is 0 Å². The van der Waals surface area contributed by atoms with E-state index in [1.165, 1.54) is 0 Å². The number of aromatic nitrogens is 4. The number of nitrogens with zero attached hydrogens (tertiary/aromatic N) is 6. The van der Waals surface area contributed by atoms with Crippen LogP contribution in [0.1, 0.15) is 36.5 Å². The van der Waals surface area contributed by atoms with Crippen LogP contribution in [0.2, 0.25) is 0 Å². The van der Waals surface area contributed by atoms with Gasteiger partial charge in [0, 0.05) is 18.0 Å². The van der Waals surface area contributed by atoms with Crippen molar-refractivity contribution in [2.45, 2.75) is 39.5 Å². The fourth-order valence-corrected chi connectivity index (χ4v) is 4.04. The van der Waals surface area contributed by atoms with Crippen molar-refractivity contribution in [3.05, 3.63) is 89.6 Å². The molecule has 7 heteroatoms. The molecular formula is C26H28N6O. The number of pyridine rings is 1. The Hall–Kier alpha value is -3.60. The van der Waals surface area contributed by atoms with Crippen molar-refractivity contribution in [2.75, 3.05) is 6.61 Å². The second kappa shape index (κ2) is 10.3. The molecule has 1 atom stereocenters. The first-order chi connectivity index (χ1) is 16.1. The van der Waals surface area contributed by atoms with Gasteiger partial charge in [0.15, 0.2) is 0 Å². The van der Waals surface area contributed by atoms with Crippen molar-refractivity contribution in [1.29, 1.82) is 5.26 Å². The second-order valence-corrected chi connectivity index (χ2v) is 8.58. The second-order valence-electron chi connectivity index (χ2n) is 8.58. The Morgan fingerprint density at radius 1 is 1.03 bits per heavy atom. The van der Waals surface area contributed by atoms with Crippen LogP contribution < -0.4 is 0 Å². The molecule has 7 nitrogen and oxygen atoms in total. The molecule has 1 N–H and O–H groups in total. The van der Waals surface area contributed by atoms with Crippen LogP contribution >= 0.6 is 0 Å². The van der Waals surface area contributed by atoms with Crippen LogP contribution in [0.15, 0.2) is 67.0 Å². The summed E-state index contributed by atoms with van der Waals surface area (Å²) in [5, 5.41) is 28.8. The van der Waals surface area contributed by atoms with Crippen LogP contribution in [-0.4, -0.2) is 42.4 Å². The molecule has 0 saturated heterocycles. The van der Waals surface area contributed by atoms with Crippen molar-refractivity contribution in [3.63, 3.8) is 0 Å². The Kier molecular flexibility index (Phi) is 7.08. The van der Waals surface area contributed by atoms with Crippen LogP contribution in [0.4, 0.5) is 0 Å². The van der Waals surface area contributed by atoms with Gasteiger partial charge in [-0.2, -0.15) is 5.26 Å². The van der Waals surface area contributed by atoms with Gasteiger partial charge in [0.1, 0.15) is 12.2 Å². The summed E-state index contributed by atoms with van der Waals surface area (Å²) in [5.41, 5.74) is 3.62. The normalized spacial score (nSPS) is 12.4. The molecule has 168 valence electrons. The molecule has 0 amide bonds. The zero-order valence-corrected chi connectivity index (χ0v) is 19.0. The Balaban J connectivity index is 1.58. The molecule has 4 rings (SSSR count). The van der Waals surface area contributed by atoms with Crippen LogP contribution in [0, 0.1) is 17.2 Å². The van der Waals surface area contributed by atoms with E-state index in [4.69, 9.17) is 10.2 Å². The smallest absolute Gasteiger partial charge is 0.147 e. The van der Waals surface area contributed by atoms with E-state index in [2.05, 4.69) is 47.1 Å². The van der Waals surface area contributed by atoms with Gasteiger partial charge in [-0.25, -0.2) is 0 Å². The van der Waals surface area contributed by atoms with Gasteiger partial charge >= 0.3 is 0 Å². The molecule has 1 unspecified atom stereocenters. The lowest BCUT2D eigenvalue weighted by atomic mass is 10.0. The van der Waals surface area contributed by atoms with E-state index >= 15 is 0 Å². The number of nitriles is 1. The maximum absolute atomic E-state index is 10.2. The molecular weight excluding hydrogens is 412 g/mol. The first-order valence-electron chi connectivity index (χ1n) is 11.1. The van der Waals surface area contributed by atoms with Gasteiger partial charge in [0.05, 0.1) is 42.5 Å². The predicted octanol–water partition coefficient (Wildman–Crippen LogP) is 3.77. The summed E-state index contributed by atoms with van der Waals surface area (Å²) < 4.78 is 2.01. The number of hydrogen-bond acceptors (Lipinski definition) is 6. The molecule has 2 aromatic carbocycles. The number of aliphatic hydroxyl groups excluding tert-OH is 1. The van der Waals surface area contributed by atoms with Gasteiger partial charge in [-0.15, -0.1) is 10.2 Å². The number of aliphatic hydroxyl groups is 1. The van der Waals surface area contributed by atoms with Crippen LogP contribution in [-0.2, 0) is 19.6 Å². The number of hydrogen-bond donors (Lipinski definition) is 1. The standard InChI is InChI=1S/C26H28N6O/c1-19(2)25(17-33)31(15-23-12-11-22-5-3-4-6-24(22)29-23)16-26-30-28-18-32(26)14-21-9-7-20(13-27)8-10-21/h3-12,18-19,25,33H,14-17H2,1-2H3. The first-order valence-corrected chi connectivity index (χ1v) is 11.1. The van der Waals surface area contributed by atoms with Crippen LogP contribution in [0.25, 0.3) is 10.9 Å². The zero-order valence-electron chi connectivity index (χ0n) is 19.0. The van der Waals surface area contributed by atoms with Gasteiger partial charge in [-0.1, -0.05) is 50.2 Å². The third kappa shape index (κ3) is 5.43. The largest absolute Gasteiger partial charge is 0.395 e. The Bertz CT molecular complexity index is 1240. The number of fused-ring (bicyclic) bond motifs is 1. The molecule has 2 aromatic heterocycles. The third-order valence-electron chi connectivity index (χ3n) is 5.92. The Morgan fingerprint density at radius 2 is 1.82 bits per heavy atom. The summed E-state index contributed by atoms with van der Waals surface area (Å²) in [6.45, 7) is 6.02. The molecule has 0 aliphatic heterocycles. The molecule has 0 saturated carbocycles. The van der Waals surface area contributed by atoms with Crippen molar-refractivity contribution >= 4 is 10.9 Å². The summed E-state index contributed by atoms with van der Waals surface area (Å²) >= 11 is 0. The lowest BCUT2D eigenvalue weighted by Crippen LogP contribution is -2.41. The predicted molar refractivity (Wildman–Crippen MR) is 127 cm³/mol. The highest BCUT2D eigenvalue weighted by atomic mass is 16.3. The lowest BCUT2D eigenvalue weighted by Gasteiger charge is -2.32. The van der Waals surface area contributed by atoms with E-state index in [0.29, 0.717) is 25.2 Å². The van der Waals surface area contributed by atoms with Crippen molar-refractivity contribution in [2.24, 2.45) is 5.92 Å². The minimum absolute atomic E-state index is 0.0432. The summed E-state index contributed by atoms with van der Waals surface area (Å²) in [6.07, 6.45) is 1.73. The summed E-state index contributed by atoms with van der Waals surface area (Å²) in [7, 11) is 0. The number of para-hydroxylation sites is 1. The first kappa shape index (κ1) is 22.6. The summed E-state index contributed by atoms with van der Waals surface area (Å²) in [6, 6.07) is 21.8. The molecule has 0 spiro atoms. The average molecular weight is 441 g/mol. The molecule has 0 aliphatic carbocycles. The SMILES string of the molecule is CC(C)C(CO)N(Cc1ccc2ccccc2n1)Cc1nncn1Cc1ccc(C#N)cc1. The topological polar surface area (TPSA) is 90.9 Å². The highest BCUT2D eigenvalue weighted by Crippen LogP contribution is 2.19.